The van der Waals surface area contributed by atoms with E-state index in [1.54, 1.807) is 0 Å². The Kier molecular flexibility index (Phi) is 6.98. The second-order valence-electron chi connectivity index (χ2n) is 5.05. The van der Waals surface area contributed by atoms with Crippen molar-refractivity contribution in [3.8, 4) is 0 Å². The molecule has 0 amide bonds. The van der Waals surface area contributed by atoms with Crippen LogP contribution in [-0.2, 0) is 6.54 Å². The molecule has 18 heavy (non-hydrogen) atoms. The van der Waals surface area contributed by atoms with Crippen molar-refractivity contribution < 1.29 is 5.11 Å². The lowest BCUT2D eigenvalue weighted by Gasteiger charge is -2.29. The molecule has 0 saturated heterocycles. The summed E-state index contributed by atoms with van der Waals surface area (Å²) in [7, 11) is 0. The standard InChI is InChI=1S/C14H27N3O/c1-3-14(4-2,12-18)11-15-7-5-6-9-17-10-8-16-13-17/h8,10,13,15,18H,3-7,9,11-12H2,1-2H3. The predicted molar refractivity (Wildman–Crippen MR) is 74.4 cm³/mol. The van der Waals surface area contributed by atoms with Crippen LogP contribution in [0.1, 0.15) is 39.5 Å². The Balaban J connectivity index is 2.07. The number of nitrogens with zero attached hydrogens (tertiary/aromatic N) is 2. The van der Waals surface area contributed by atoms with Crippen molar-refractivity contribution in [1.29, 1.82) is 0 Å². The normalized spacial score (nSPS) is 11.9. The monoisotopic (exact) mass is 253 g/mol. The molecular weight excluding hydrogens is 226 g/mol. The molecule has 104 valence electrons. The molecule has 1 aromatic heterocycles. The van der Waals surface area contributed by atoms with Crippen molar-refractivity contribution >= 4 is 0 Å². The SMILES string of the molecule is CCC(CC)(CO)CNCCCCn1ccnc1. The molecule has 1 heterocycles. The van der Waals surface area contributed by atoms with Gasteiger partial charge in [-0.05, 0) is 32.2 Å². The second kappa shape index (κ2) is 8.27. The number of aromatic nitrogens is 2. The number of aliphatic hydroxyl groups excluding tert-OH is 1. The van der Waals surface area contributed by atoms with E-state index in [9.17, 15) is 5.11 Å². The molecule has 0 bridgehead atoms. The zero-order valence-electron chi connectivity index (χ0n) is 11.7. The smallest absolute Gasteiger partial charge is 0.0945 e. The summed E-state index contributed by atoms with van der Waals surface area (Å²) in [5.74, 6) is 0. The zero-order chi connectivity index (χ0) is 13.3. The van der Waals surface area contributed by atoms with Gasteiger partial charge in [-0.3, -0.25) is 0 Å². The molecule has 1 aromatic rings. The maximum atomic E-state index is 9.45. The highest BCUT2D eigenvalue weighted by Crippen LogP contribution is 2.24. The third kappa shape index (κ3) is 4.78. The van der Waals surface area contributed by atoms with E-state index < -0.39 is 0 Å². The molecule has 4 heteroatoms. The summed E-state index contributed by atoms with van der Waals surface area (Å²) < 4.78 is 2.11. The number of rotatable bonds is 10. The lowest BCUT2D eigenvalue weighted by Crippen LogP contribution is -2.36. The molecule has 0 aliphatic rings. The number of hydrogen-bond donors (Lipinski definition) is 2. The fourth-order valence-electron chi connectivity index (χ4n) is 2.10. The molecule has 0 unspecified atom stereocenters. The first-order valence-electron chi connectivity index (χ1n) is 7.03. The number of imidazole rings is 1. The lowest BCUT2D eigenvalue weighted by molar-refractivity contribution is 0.113. The molecule has 2 N–H and O–H groups in total. The summed E-state index contributed by atoms with van der Waals surface area (Å²) in [6.07, 6.45) is 10.1. The van der Waals surface area contributed by atoms with Gasteiger partial charge in [0.05, 0.1) is 6.33 Å². The molecule has 0 aliphatic heterocycles. The average molecular weight is 253 g/mol. The van der Waals surface area contributed by atoms with E-state index in [1.807, 2.05) is 18.7 Å². The predicted octanol–water partition coefficient (Wildman–Crippen LogP) is 2.05. The van der Waals surface area contributed by atoms with Gasteiger partial charge in [0, 0.05) is 37.5 Å². The van der Waals surface area contributed by atoms with Crippen LogP contribution in [0.2, 0.25) is 0 Å². The molecule has 0 spiro atoms. The number of aliphatic hydroxyl groups is 1. The van der Waals surface area contributed by atoms with Crippen molar-refractivity contribution in [1.82, 2.24) is 14.9 Å². The lowest BCUT2D eigenvalue weighted by atomic mass is 9.83. The Labute approximate surface area is 110 Å². The van der Waals surface area contributed by atoms with Crippen molar-refractivity contribution in [3.63, 3.8) is 0 Å². The first-order chi connectivity index (χ1) is 8.76. The number of nitrogens with one attached hydrogen (secondary N) is 1. The van der Waals surface area contributed by atoms with E-state index in [0.717, 1.165) is 45.3 Å². The van der Waals surface area contributed by atoms with Crippen LogP contribution in [0.4, 0.5) is 0 Å². The highest BCUT2D eigenvalue weighted by atomic mass is 16.3. The summed E-state index contributed by atoms with van der Waals surface area (Å²) in [4.78, 5) is 4.02. The fourth-order valence-corrected chi connectivity index (χ4v) is 2.10. The molecule has 0 radical (unpaired) electrons. The van der Waals surface area contributed by atoms with Crippen LogP contribution in [0, 0.1) is 5.41 Å². The van der Waals surface area contributed by atoms with Gasteiger partial charge in [0.15, 0.2) is 0 Å². The molecule has 1 rings (SSSR count). The summed E-state index contributed by atoms with van der Waals surface area (Å²) in [5.41, 5.74) is 0.0738. The van der Waals surface area contributed by atoms with Gasteiger partial charge in [-0.2, -0.15) is 0 Å². The van der Waals surface area contributed by atoms with Crippen LogP contribution in [0.5, 0.6) is 0 Å². The van der Waals surface area contributed by atoms with E-state index in [4.69, 9.17) is 0 Å². The van der Waals surface area contributed by atoms with Crippen LogP contribution in [0.15, 0.2) is 18.7 Å². The van der Waals surface area contributed by atoms with E-state index in [1.165, 1.54) is 0 Å². The first-order valence-corrected chi connectivity index (χ1v) is 7.03. The average Bonchev–Trinajstić information content (AvgIpc) is 2.92. The van der Waals surface area contributed by atoms with Gasteiger partial charge in [0.2, 0.25) is 0 Å². The minimum absolute atomic E-state index is 0.0738. The van der Waals surface area contributed by atoms with E-state index in [0.29, 0.717) is 0 Å². The summed E-state index contributed by atoms with van der Waals surface area (Å²) in [6.45, 7) is 7.56. The van der Waals surface area contributed by atoms with Crippen molar-refractivity contribution in [2.24, 2.45) is 5.41 Å². The van der Waals surface area contributed by atoms with Crippen LogP contribution < -0.4 is 5.32 Å². The summed E-state index contributed by atoms with van der Waals surface area (Å²) in [6, 6.07) is 0. The second-order valence-corrected chi connectivity index (χ2v) is 5.05. The molecular formula is C14H27N3O. The zero-order valence-corrected chi connectivity index (χ0v) is 11.7. The molecule has 0 aromatic carbocycles. The highest BCUT2D eigenvalue weighted by Gasteiger charge is 2.24. The van der Waals surface area contributed by atoms with Crippen LogP contribution in [0.25, 0.3) is 0 Å². The van der Waals surface area contributed by atoms with E-state index >= 15 is 0 Å². The first kappa shape index (κ1) is 15.2. The Morgan fingerprint density at radius 2 is 2.06 bits per heavy atom. The van der Waals surface area contributed by atoms with Gasteiger partial charge in [-0.15, -0.1) is 0 Å². The quantitative estimate of drug-likeness (QED) is 0.627. The summed E-state index contributed by atoms with van der Waals surface area (Å²) >= 11 is 0. The van der Waals surface area contributed by atoms with Crippen molar-refractivity contribution in [2.45, 2.75) is 46.1 Å². The van der Waals surface area contributed by atoms with Gasteiger partial charge in [-0.25, -0.2) is 4.98 Å². The third-order valence-electron chi connectivity index (χ3n) is 3.91. The number of aryl methyl sites for hydroxylation is 1. The minimum atomic E-state index is 0.0738. The molecule has 0 aliphatic carbocycles. The molecule has 0 fully saturated rings. The third-order valence-corrected chi connectivity index (χ3v) is 3.91. The van der Waals surface area contributed by atoms with Crippen LogP contribution >= 0.6 is 0 Å². The topological polar surface area (TPSA) is 50.1 Å². The van der Waals surface area contributed by atoms with Crippen molar-refractivity contribution in [2.75, 3.05) is 19.7 Å². The maximum absolute atomic E-state index is 9.45. The highest BCUT2D eigenvalue weighted by molar-refractivity contribution is 4.78. The summed E-state index contributed by atoms with van der Waals surface area (Å²) in [5, 5.41) is 12.9. The fraction of sp³-hybridized carbons (Fsp3) is 0.786. The number of unbranched alkanes of at least 4 members (excludes halogenated alkanes) is 1. The van der Waals surface area contributed by atoms with Gasteiger partial charge in [-0.1, -0.05) is 13.8 Å². The van der Waals surface area contributed by atoms with E-state index in [-0.39, 0.29) is 12.0 Å². The maximum Gasteiger partial charge on any atom is 0.0945 e. The molecule has 0 saturated carbocycles. The van der Waals surface area contributed by atoms with Crippen LogP contribution in [0.3, 0.4) is 0 Å². The Morgan fingerprint density at radius 3 is 2.61 bits per heavy atom. The van der Waals surface area contributed by atoms with Crippen LogP contribution in [-0.4, -0.2) is 34.4 Å². The molecule has 0 atom stereocenters. The largest absolute Gasteiger partial charge is 0.396 e. The van der Waals surface area contributed by atoms with Crippen molar-refractivity contribution in [3.05, 3.63) is 18.7 Å². The van der Waals surface area contributed by atoms with Gasteiger partial charge in [0.1, 0.15) is 0 Å². The minimum Gasteiger partial charge on any atom is -0.396 e. The van der Waals surface area contributed by atoms with Gasteiger partial charge >= 0.3 is 0 Å². The Morgan fingerprint density at radius 1 is 1.28 bits per heavy atom. The molecule has 4 nitrogen and oxygen atoms in total. The van der Waals surface area contributed by atoms with Gasteiger partial charge in [0.25, 0.3) is 0 Å². The Hall–Kier alpha value is -0.870. The number of hydrogen-bond acceptors (Lipinski definition) is 3. The van der Waals surface area contributed by atoms with E-state index in [2.05, 4.69) is 28.7 Å². The van der Waals surface area contributed by atoms with Gasteiger partial charge < -0.3 is 15.0 Å². The Bertz CT molecular complexity index is 286.